The number of nitriles is 1. The van der Waals surface area contributed by atoms with Crippen molar-refractivity contribution in [3.63, 3.8) is 0 Å². The van der Waals surface area contributed by atoms with Gasteiger partial charge in [0.1, 0.15) is 6.07 Å². The lowest BCUT2D eigenvalue weighted by atomic mass is 9.93. The summed E-state index contributed by atoms with van der Waals surface area (Å²) in [6.45, 7) is 7.33. The minimum atomic E-state index is -4.54. The maximum Gasteiger partial charge on any atom is 0.419 e. The van der Waals surface area contributed by atoms with Gasteiger partial charge < -0.3 is 0 Å². The first-order valence-electron chi connectivity index (χ1n) is 5.70. The Morgan fingerprint density at radius 2 is 1.72 bits per heavy atom. The van der Waals surface area contributed by atoms with Crippen molar-refractivity contribution in [2.24, 2.45) is 0 Å². The van der Waals surface area contributed by atoms with E-state index in [-0.39, 0.29) is 11.8 Å². The van der Waals surface area contributed by atoms with Crippen LogP contribution in [0.2, 0.25) is 0 Å². The van der Waals surface area contributed by atoms with Gasteiger partial charge in [0.2, 0.25) is 0 Å². The molecule has 0 aliphatic rings. The molecule has 18 heavy (non-hydrogen) atoms. The van der Waals surface area contributed by atoms with Crippen molar-refractivity contribution in [3.05, 3.63) is 28.6 Å². The molecule has 0 saturated carbocycles. The molecule has 0 aromatic carbocycles. The van der Waals surface area contributed by atoms with Gasteiger partial charge in [-0.1, -0.05) is 27.7 Å². The highest BCUT2D eigenvalue weighted by atomic mass is 19.4. The van der Waals surface area contributed by atoms with Gasteiger partial charge in [-0.15, -0.1) is 0 Å². The minimum absolute atomic E-state index is 0.0169. The third-order valence-electron chi connectivity index (χ3n) is 2.66. The Bertz CT molecular complexity index is 482. The molecule has 0 atom stereocenters. The van der Waals surface area contributed by atoms with Crippen LogP contribution in [0.1, 0.15) is 62.0 Å². The maximum absolute atomic E-state index is 12.8. The number of rotatable bonds is 2. The lowest BCUT2D eigenvalue weighted by Gasteiger charge is -2.18. The number of nitrogens with zero attached hydrogens (tertiary/aromatic N) is 2. The van der Waals surface area contributed by atoms with E-state index in [0.29, 0.717) is 11.3 Å². The Kier molecular flexibility index (Phi) is 4.00. The second kappa shape index (κ2) is 4.97. The van der Waals surface area contributed by atoms with E-state index >= 15 is 0 Å². The van der Waals surface area contributed by atoms with Crippen molar-refractivity contribution < 1.29 is 13.2 Å². The molecule has 98 valence electrons. The van der Waals surface area contributed by atoms with E-state index in [1.807, 2.05) is 27.7 Å². The highest BCUT2D eigenvalue weighted by molar-refractivity contribution is 5.41. The standard InChI is InChI=1S/C13H15F3N2/c1-7(2)9-5-10(13(14,15)16)11(6-17)18-12(9)8(3)4/h5,7-8H,1-4H3. The van der Waals surface area contributed by atoms with Gasteiger partial charge in [0.15, 0.2) is 5.69 Å². The van der Waals surface area contributed by atoms with Crippen LogP contribution < -0.4 is 0 Å². The van der Waals surface area contributed by atoms with Crippen molar-refractivity contribution in [2.75, 3.05) is 0 Å². The topological polar surface area (TPSA) is 36.7 Å². The molecule has 0 radical (unpaired) electrons. The van der Waals surface area contributed by atoms with Gasteiger partial charge in [-0.3, -0.25) is 0 Å². The summed E-state index contributed by atoms with van der Waals surface area (Å²) < 4.78 is 38.5. The fourth-order valence-electron chi connectivity index (χ4n) is 1.77. The molecule has 5 heteroatoms. The Morgan fingerprint density at radius 1 is 1.17 bits per heavy atom. The average Bonchev–Trinajstić information content (AvgIpc) is 2.25. The molecule has 0 amide bonds. The van der Waals surface area contributed by atoms with Gasteiger partial charge in [-0.2, -0.15) is 18.4 Å². The molecule has 1 aromatic heterocycles. The van der Waals surface area contributed by atoms with Gasteiger partial charge >= 0.3 is 6.18 Å². The third kappa shape index (κ3) is 2.81. The summed E-state index contributed by atoms with van der Waals surface area (Å²) in [6.07, 6.45) is -4.54. The van der Waals surface area contributed by atoms with Gasteiger partial charge in [-0.05, 0) is 23.5 Å². The zero-order valence-electron chi connectivity index (χ0n) is 10.8. The molecule has 2 nitrogen and oxygen atoms in total. The first kappa shape index (κ1) is 14.5. The fourth-order valence-corrected chi connectivity index (χ4v) is 1.77. The number of halogens is 3. The van der Waals surface area contributed by atoms with Crippen molar-refractivity contribution >= 4 is 0 Å². The normalized spacial score (nSPS) is 12.0. The number of aromatic nitrogens is 1. The van der Waals surface area contributed by atoms with E-state index in [1.54, 1.807) is 0 Å². The van der Waals surface area contributed by atoms with Gasteiger partial charge in [0, 0.05) is 5.69 Å². The third-order valence-corrected chi connectivity index (χ3v) is 2.66. The number of alkyl halides is 3. The Labute approximate surface area is 104 Å². The van der Waals surface area contributed by atoms with E-state index in [4.69, 9.17) is 5.26 Å². The summed E-state index contributed by atoms with van der Waals surface area (Å²) in [4.78, 5) is 3.90. The maximum atomic E-state index is 12.8. The molecular weight excluding hydrogens is 241 g/mol. The van der Waals surface area contributed by atoms with Crippen molar-refractivity contribution in [3.8, 4) is 6.07 Å². The van der Waals surface area contributed by atoms with E-state index in [0.717, 1.165) is 6.07 Å². The molecule has 0 aliphatic heterocycles. The van der Waals surface area contributed by atoms with Gasteiger partial charge in [-0.25, -0.2) is 4.98 Å². The highest BCUT2D eigenvalue weighted by Gasteiger charge is 2.36. The predicted octanol–water partition coefficient (Wildman–Crippen LogP) is 4.22. The average molecular weight is 256 g/mol. The molecule has 0 N–H and O–H groups in total. The number of hydrogen-bond acceptors (Lipinski definition) is 2. The number of pyridine rings is 1. The van der Waals surface area contributed by atoms with E-state index in [9.17, 15) is 13.2 Å². The van der Waals surface area contributed by atoms with Gasteiger partial charge in [0.05, 0.1) is 5.56 Å². The van der Waals surface area contributed by atoms with Crippen molar-refractivity contribution in [1.29, 1.82) is 5.26 Å². The van der Waals surface area contributed by atoms with Crippen LogP contribution in [0.5, 0.6) is 0 Å². The largest absolute Gasteiger partial charge is 0.419 e. The van der Waals surface area contributed by atoms with Crippen LogP contribution in [-0.4, -0.2) is 4.98 Å². The molecule has 1 aromatic rings. The second-order valence-corrected chi connectivity index (χ2v) is 4.78. The minimum Gasteiger partial charge on any atom is -0.241 e. The number of hydrogen-bond donors (Lipinski definition) is 0. The summed E-state index contributed by atoms with van der Waals surface area (Å²) in [5, 5.41) is 8.80. The quantitative estimate of drug-likeness (QED) is 0.794. The Hall–Kier alpha value is -1.57. The molecule has 1 heterocycles. The zero-order chi connectivity index (χ0) is 14.1. The molecular formula is C13H15F3N2. The van der Waals surface area contributed by atoms with Crippen LogP contribution in [0.4, 0.5) is 13.2 Å². The molecule has 0 bridgehead atoms. The molecule has 0 aliphatic carbocycles. The predicted molar refractivity (Wildman–Crippen MR) is 62.1 cm³/mol. The molecule has 0 saturated heterocycles. The Morgan fingerprint density at radius 3 is 2.06 bits per heavy atom. The fraction of sp³-hybridized carbons (Fsp3) is 0.538. The van der Waals surface area contributed by atoms with Crippen LogP contribution in [0.25, 0.3) is 0 Å². The summed E-state index contributed by atoms with van der Waals surface area (Å²) in [5.74, 6) is -0.0828. The highest BCUT2D eigenvalue weighted by Crippen LogP contribution is 2.35. The summed E-state index contributed by atoms with van der Waals surface area (Å²) in [5.41, 5.74) is -0.375. The summed E-state index contributed by atoms with van der Waals surface area (Å²) >= 11 is 0. The van der Waals surface area contributed by atoms with Crippen LogP contribution in [-0.2, 0) is 6.18 Å². The van der Waals surface area contributed by atoms with Crippen LogP contribution in [0, 0.1) is 11.3 Å². The van der Waals surface area contributed by atoms with Crippen LogP contribution >= 0.6 is 0 Å². The molecule has 0 fully saturated rings. The zero-order valence-corrected chi connectivity index (χ0v) is 10.8. The summed E-state index contributed by atoms with van der Waals surface area (Å²) in [7, 11) is 0. The van der Waals surface area contributed by atoms with E-state index in [2.05, 4.69) is 4.98 Å². The summed E-state index contributed by atoms with van der Waals surface area (Å²) in [6, 6.07) is 2.59. The van der Waals surface area contributed by atoms with Crippen LogP contribution in [0.15, 0.2) is 6.07 Å². The SMILES string of the molecule is CC(C)c1cc(C(F)(F)F)c(C#N)nc1C(C)C. The van der Waals surface area contributed by atoms with Gasteiger partial charge in [0.25, 0.3) is 0 Å². The Balaban J connectivity index is 3.58. The first-order valence-corrected chi connectivity index (χ1v) is 5.70. The lowest BCUT2D eigenvalue weighted by molar-refractivity contribution is -0.138. The smallest absolute Gasteiger partial charge is 0.241 e. The second-order valence-electron chi connectivity index (χ2n) is 4.78. The molecule has 1 rings (SSSR count). The van der Waals surface area contributed by atoms with Crippen molar-refractivity contribution in [1.82, 2.24) is 4.98 Å². The van der Waals surface area contributed by atoms with Crippen molar-refractivity contribution in [2.45, 2.75) is 45.7 Å². The molecule has 0 unspecified atom stereocenters. The molecule has 0 spiro atoms. The van der Waals surface area contributed by atoms with E-state index < -0.39 is 17.4 Å². The van der Waals surface area contributed by atoms with E-state index in [1.165, 1.54) is 6.07 Å². The van der Waals surface area contributed by atoms with Crippen LogP contribution in [0.3, 0.4) is 0 Å². The lowest BCUT2D eigenvalue weighted by Crippen LogP contribution is -2.14. The first-order chi connectivity index (χ1) is 8.18. The monoisotopic (exact) mass is 256 g/mol.